The lowest BCUT2D eigenvalue weighted by Crippen LogP contribution is -2.43. The molecule has 3 aromatic rings. The fourth-order valence-corrected chi connectivity index (χ4v) is 3.43. The molecule has 1 fully saturated rings. The van der Waals surface area contributed by atoms with E-state index in [0.29, 0.717) is 26.2 Å². The first kappa shape index (κ1) is 16.7. The van der Waals surface area contributed by atoms with Crippen LogP contribution in [0, 0.1) is 0 Å². The van der Waals surface area contributed by atoms with E-state index in [4.69, 9.17) is 9.47 Å². The number of ether oxygens (including phenoxy) is 2. The van der Waals surface area contributed by atoms with E-state index < -0.39 is 0 Å². The van der Waals surface area contributed by atoms with Gasteiger partial charge in [-0.15, -0.1) is 0 Å². The first-order valence-electron chi connectivity index (χ1n) is 8.82. The molecule has 0 saturated carbocycles. The van der Waals surface area contributed by atoms with E-state index in [2.05, 4.69) is 0 Å². The maximum absolute atomic E-state index is 12.8. The molecule has 1 amide bonds. The predicted molar refractivity (Wildman–Crippen MR) is 100 cm³/mol. The second-order valence-corrected chi connectivity index (χ2v) is 6.48. The quantitative estimate of drug-likeness (QED) is 0.725. The molecule has 2 heterocycles. The van der Waals surface area contributed by atoms with E-state index in [1.54, 1.807) is 7.11 Å². The normalized spacial score (nSPS) is 17.4. The minimum atomic E-state index is -0.0560. The van der Waals surface area contributed by atoms with Gasteiger partial charge in [0.15, 0.2) is 0 Å². The van der Waals surface area contributed by atoms with Crippen LogP contribution in [-0.2, 0) is 16.1 Å². The van der Waals surface area contributed by atoms with Crippen LogP contribution in [0.5, 0.6) is 5.75 Å². The molecule has 26 heavy (non-hydrogen) atoms. The molecule has 2 aromatic carbocycles. The maximum atomic E-state index is 12.8. The monoisotopic (exact) mass is 350 g/mol. The Kier molecular flexibility index (Phi) is 4.63. The number of amides is 1. The lowest BCUT2D eigenvalue weighted by atomic mass is 10.1. The summed E-state index contributed by atoms with van der Waals surface area (Å²) in [7, 11) is 1.66. The molecule has 5 nitrogen and oxygen atoms in total. The number of fused-ring (bicyclic) bond motifs is 1. The molecule has 0 aliphatic carbocycles. The third-order valence-corrected chi connectivity index (χ3v) is 4.87. The zero-order valence-corrected chi connectivity index (χ0v) is 14.8. The number of hydrogen-bond donors (Lipinski definition) is 0. The van der Waals surface area contributed by atoms with E-state index in [9.17, 15) is 4.79 Å². The third kappa shape index (κ3) is 3.30. The summed E-state index contributed by atoms with van der Waals surface area (Å²) in [5.74, 6) is 0.933. The number of carbonyl (C=O) groups is 1. The highest BCUT2D eigenvalue weighted by atomic mass is 16.5. The van der Waals surface area contributed by atoms with Crippen molar-refractivity contribution in [1.29, 1.82) is 0 Å². The van der Waals surface area contributed by atoms with Crippen LogP contribution in [0.25, 0.3) is 10.9 Å². The minimum absolute atomic E-state index is 0.0560. The Bertz CT molecular complexity index is 904. The predicted octanol–water partition coefficient (Wildman–Crippen LogP) is 3.25. The van der Waals surface area contributed by atoms with Crippen LogP contribution in [0.2, 0.25) is 0 Å². The van der Waals surface area contributed by atoms with Gasteiger partial charge < -0.3 is 18.9 Å². The highest BCUT2D eigenvalue weighted by Crippen LogP contribution is 2.24. The van der Waals surface area contributed by atoms with E-state index in [1.165, 1.54) is 0 Å². The summed E-state index contributed by atoms with van der Waals surface area (Å²) in [6.45, 7) is 2.12. The number of hydrogen-bond acceptors (Lipinski definition) is 3. The van der Waals surface area contributed by atoms with Crippen molar-refractivity contribution in [3.8, 4) is 5.75 Å². The number of methoxy groups -OCH3 is 1. The summed E-state index contributed by atoms with van der Waals surface area (Å²) in [6.07, 6.45) is 1.90. The second kappa shape index (κ2) is 7.22. The number of rotatable bonds is 4. The van der Waals surface area contributed by atoms with Gasteiger partial charge in [-0.05, 0) is 29.8 Å². The fourth-order valence-electron chi connectivity index (χ4n) is 3.43. The number of aromatic nitrogens is 1. The van der Waals surface area contributed by atoms with Crippen molar-refractivity contribution in [3.63, 3.8) is 0 Å². The standard InChI is InChI=1S/C21H22N2O3/c1-25-18-7-8-19-17(13-18)9-10-22(19)15-21(24)23-11-12-26-20(14-23)16-5-3-2-4-6-16/h2-10,13,20H,11-12,14-15H2,1H3/t20-/m0/s1. The smallest absolute Gasteiger partial charge is 0.242 e. The van der Waals surface area contributed by atoms with E-state index >= 15 is 0 Å². The Morgan fingerprint density at radius 2 is 2.04 bits per heavy atom. The molecule has 4 rings (SSSR count). The molecule has 0 unspecified atom stereocenters. The zero-order valence-electron chi connectivity index (χ0n) is 14.8. The molecule has 5 heteroatoms. The third-order valence-electron chi connectivity index (χ3n) is 4.87. The molecule has 134 valence electrons. The van der Waals surface area contributed by atoms with Gasteiger partial charge in [-0.25, -0.2) is 0 Å². The number of morpholine rings is 1. The molecule has 1 aliphatic heterocycles. The largest absolute Gasteiger partial charge is 0.497 e. The molecule has 0 bridgehead atoms. The molecule has 0 spiro atoms. The first-order chi connectivity index (χ1) is 12.7. The fraction of sp³-hybridized carbons (Fsp3) is 0.286. The molecule has 1 saturated heterocycles. The van der Waals surface area contributed by atoms with Crippen molar-refractivity contribution in [2.45, 2.75) is 12.6 Å². The Labute approximate surface area is 152 Å². The van der Waals surface area contributed by atoms with Gasteiger partial charge in [-0.2, -0.15) is 0 Å². The van der Waals surface area contributed by atoms with E-state index in [1.807, 2.05) is 70.3 Å². The first-order valence-corrected chi connectivity index (χ1v) is 8.82. The van der Waals surface area contributed by atoms with Crippen molar-refractivity contribution in [2.24, 2.45) is 0 Å². The second-order valence-electron chi connectivity index (χ2n) is 6.48. The lowest BCUT2D eigenvalue weighted by molar-refractivity contribution is -0.139. The van der Waals surface area contributed by atoms with E-state index in [0.717, 1.165) is 22.2 Å². The van der Waals surface area contributed by atoms with Gasteiger partial charge >= 0.3 is 0 Å². The van der Waals surface area contributed by atoms with Crippen molar-refractivity contribution >= 4 is 16.8 Å². The molecular formula is C21H22N2O3. The summed E-state index contributed by atoms with van der Waals surface area (Å²) in [5, 5.41) is 1.07. The van der Waals surface area contributed by atoms with Crippen LogP contribution in [-0.4, -0.2) is 42.2 Å². The number of benzene rings is 2. The van der Waals surface area contributed by atoms with E-state index in [-0.39, 0.29) is 12.0 Å². The van der Waals surface area contributed by atoms with Crippen LogP contribution < -0.4 is 4.74 Å². The van der Waals surface area contributed by atoms with Crippen molar-refractivity contribution < 1.29 is 14.3 Å². The van der Waals surface area contributed by atoms with Crippen LogP contribution in [0.4, 0.5) is 0 Å². The van der Waals surface area contributed by atoms with Crippen molar-refractivity contribution in [2.75, 3.05) is 26.8 Å². The van der Waals surface area contributed by atoms with Crippen LogP contribution in [0.3, 0.4) is 0 Å². The number of carbonyl (C=O) groups excluding carboxylic acids is 1. The van der Waals surface area contributed by atoms with Crippen LogP contribution in [0.1, 0.15) is 11.7 Å². The van der Waals surface area contributed by atoms with Gasteiger partial charge in [-0.1, -0.05) is 30.3 Å². The van der Waals surface area contributed by atoms with Crippen LogP contribution >= 0.6 is 0 Å². The van der Waals surface area contributed by atoms with Gasteiger partial charge in [0.05, 0.1) is 20.3 Å². The SMILES string of the molecule is COc1ccc2c(ccn2CC(=O)N2CCO[C@H](c3ccccc3)C2)c1. The average molecular weight is 350 g/mol. The van der Waals surface area contributed by atoms with Crippen molar-refractivity contribution in [1.82, 2.24) is 9.47 Å². The number of nitrogens with zero attached hydrogens (tertiary/aromatic N) is 2. The Balaban J connectivity index is 1.48. The van der Waals surface area contributed by atoms with Crippen molar-refractivity contribution in [3.05, 3.63) is 66.4 Å². The van der Waals surface area contributed by atoms with Gasteiger partial charge in [0.1, 0.15) is 18.4 Å². The van der Waals surface area contributed by atoms with Gasteiger partial charge in [0.25, 0.3) is 0 Å². The summed E-state index contributed by atoms with van der Waals surface area (Å²) >= 11 is 0. The molecule has 0 radical (unpaired) electrons. The lowest BCUT2D eigenvalue weighted by Gasteiger charge is -2.33. The minimum Gasteiger partial charge on any atom is -0.497 e. The Hall–Kier alpha value is -2.79. The average Bonchev–Trinajstić information content (AvgIpc) is 3.10. The summed E-state index contributed by atoms with van der Waals surface area (Å²) in [6, 6.07) is 18.0. The van der Waals surface area contributed by atoms with Gasteiger partial charge in [0.2, 0.25) is 5.91 Å². The van der Waals surface area contributed by atoms with Gasteiger partial charge in [0, 0.05) is 23.6 Å². The maximum Gasteiger partial charge on any atom is 0.242 e. The molecule has 1 aliphatic rings. The Morgan fingerprint density at radius 1 is 1.19 bits per heavy atom. The summed E-state index contributed by atoms with van der Waals surface area (Å²) in [4.78, 5) is 14.7. The molecule has 1 aromatic heterocycles. The summed E-state index contributed by atoms with van der Waals surface area (Å²) in [5.41, 5.74) is 2.15. The Morgan fingerprint density at radius 3 is 2.85 bits per heavy atom. The summed E-state index contributed by atoms with van der Waals surface area (Å²) < 4.78 is 13.1. The molecule has 1 atom stereocenters. The molecule has 0 N–H and O–H groups in total. The highest BCUT2D eigenvalue weighted by molar-refractivity contribution is 5.84. The highest BCUT2D eigenvalue weighted by Gasteiger charge is 2.25. The van der Waals surface area contributed by atoms with Crippen LogP contribution in [0.15, 0.2) is 60.8 Å². The zero-order chi connectivity index (χ0) is 17.9. The van der Waals surface area contributed by atoms with Gasteiger partial charge in [-0.3, -0.25) is 4.79 Å². The molecular weight excluding hydrogens is 328 g/mol. The topological polar surface area (TPSA) is 43.7 Å².